The normalized spacial score (nSPS) is 10.8. The predicted molar refractivity (Wildman–Crippen MR) is 121 cm³/mol. The number of rotatable bonds is 9. The number of hydrazone groups is 1. The summed E-state index contributed by atoms with van der Waals surface area (Å²) in [5, 5.41) is 14.8. The number of nitrogens with one attached hydrogen (secondary N) is 2. The molecule has 33 heavy (non-hydrogen) atoms. The highest BCUT2D eigenvalue weighted by Crippen LogP contribution is 2.38. The van der Waals surface area contributed by atoms with Crippen LogP contribution in [0.5, 0.6) is 11.5 Å². The number of aromatic nitrogens is 1. The molecule has 2 rings (SSSR count). The molecule has 1 aromatic carbocycles. The molecule has 0 radical (unpaired) electrons. The lowest BCUT2D eigenvalue weighted by Gasteiger charge is -2.13. The number of nitrogens with zero attached hydrogens (tertiary/aromatic N) is 3. The minimum Gasteiger partial charge on any atom is -0.453 e. The molecule has 0 unspecified atom stereocenters. The molecule has 0 fully saturated rings. The number of alkyl carbamates (subject to hydrolysis) is 1. The van der Waals surface area contributed by atoms with Crippen molar-refractivity contribution in [1.82, 2.24) is 9.88 Å². The van der Waals surface area contributed by atoms with Crippen LogP contribution in [0.1, 0.15) is 6.92 Å². The van der Waals surface area contributed by atoms with E-state index in [9.17, 15) is 14.4 Å². The molecule has 0 spiro atoms. The molecule has 2 amide bonds. The lowest BCUT2D eigenvalue weighted by Crippen LogP contribution is -2.36. The van der Waals surface area contributed by atoms with Gasteiger partial charge in [-0.1, -0.05) is 23.2 Å². The summed E-state index contributed by atoms with van der Waals surface area (Å²) in [6.07, 6.45) is 0.484. The Morgan fingerprint density at radius 3 is 2.55 bits per heavy atom. The van der Waals surface area contributed by atoms with Crippen LogP contribution < -0.4 is 21.0 Å². The van der Waals surface area contributed by atoms with Crippen molar-refractivity contribution >= 4 is 46.6 Å². The Bertz CT molecular complexity index is 1140. The highest BCUT2D eigenvalue weighted by Gasteiger charge is 2.16. The van der Waals surface area contributed by atoms with E-state index in [-0.39, 0.29) is 33.6 Å². The summed E-state index contributed by atoms with van der Waals surface area (Å²) < 4.78 is 16.7. The number of imide groups is 1. The van der Waals surface area contributed by atoms with Gasteiger partial charge < -0.3 is 18.8 Å². The number of carbonyl (C=O) groups excluding carboxylic acids is 2. The quantitative estimate of drug-likeness (QED) is 0.398. The largest absolute Gasteiger partial charge is 0.453 e. The minimum atomic E-state index is -1.05. The number of pyridine rings is 1. The van der Waals surface area contributed by atoms with Crippen molar-refractivity contribution in [2.75, 3.05) is 25.7 Å². The van der Waals surface area contributed by atoms with Gasteiger partial charge in [0.05, 0.1) is 28.9 Å². The molecule has 2 aromatic rings. The molecule has 0 aliphatic carbocycles. The van der Waals surface area contributed by atoms with Crippen LogP contribution in [0.3, 0.4) is 0 Å². The fraction of sp³-hybridized carbons (Fsp3) is 0.250. The highest BCUT2D eigenvalue weighted by atomic mass is 35.5. The van der Waals surface area contributed by atoms with Crippen LogP contribution in [-0.2, 0) is 20.8 Å². The van der Waals surface area contributed by atoms with E-state index < -0.39 is 17.7 Å². The molecular weight excluding hydrogens is 477 g/mol. The number of halogens is 2. The summed E-state index contributed by atoms with van der Waals surface area (Å²) in [7, 11) is 1.52. The monoisotopic (exact) mass is 495 g/mol. The van der Waals surface area contributed by atoms with Gasteiger partial charge in [-0.2, -0.15) is 10.4 Å². The van der Waals surface area contributed by atoms with Crippen LogP contribution in [0.2, 0.25) is 10.0 Å². The van der Waals surface area contributed by atoms with Gasteiger partial charge in [0.1, 0.15) is 11.8 Å². The van der Waals surface area contributed by atoms with Gasteiger partial charge in [-0.3, -0.25) is 20.3 Å². The van der Waals surface area contributed by atoms with Gasteiger partial charge in [-0.25, -0.2) is 4.79 Å². The van der Waals surface area contributed by atoms with Crippen LogP contribution in [0, 0.1) is 11.3 Å². The predicted octanol–water partition coefficient (Wildman–Crippen LogP) is 3.16. The average Bonchev–Trinajstić information content (AvgIpc) is 2.77. The van der Waals surface area contributed by atoms with Crippen LogP contribution in [0.15, 0.2) is 40.4 Å². The van der Waals surface area contributed by atoms with Crippen molar-refractivity contribution in [1.29, 1.82) is 5.26 Å². The number of hydrogen-bond donors (Lipinski definition) is 2. The maximum Gasteiger partial charge on any atom is 0.414 e. The Balaban J connectivity index is 2.17. The van der Waals surface area contributed by atoms with Gasteiger partial charge in [0.25, 0.3) is 11.5 Å². The Morgan fingerprint density at radius 1 is 1.24 bits per heavy atom. The second kappa shape index (κ2) is 12.4. The molecular formula is C20H19Cl2N5O6. The first-order chi connectivity index (χ1) is 15.8. The zero-order valence-electron chi connectivity index (χ0n) is 17.6. The lowest BCUT2D eigenvalue weighted by atomic mass is 10.3. The fourth-order valence-corrected chi connectivity index (χ4v) is 2.90. The third kappa shape index (κ3) is 7.50. The summed E-state index contributed by atoms with van der Waals surface area (Å²) in [5.74, 6) is -0.620. The molecule has 0 saturated heterocycles. The third-order valence-corrected chi connectivity index (χ3v) is 4.38. The molecule has 0 aliphatic rings. The summed E-state index contributed by atoms with van der Waals surface area (Å²) in [5.41, 5.74) is 1.84. The van der Waals surface area contributed by atoms with Crippen LogP contribution >= 0.6 is 23.2 Å². The third-order valence-electron chi connectivity index (χ3n) is 3.82. The van der Waals surface area contributed by atoms with E-state index in [0.717, 1.165) is 0 Å². The molecule has 0 aliphatic heterocycles. The minimum absolute atomic E-state index is 0.0516. The highest BCUT2D eigenvalue weighted by molar-refractivity contribution is 6.47. The van der Waals surface area contributed by atoms with Crippen molar-refractivity contribution in [3.8, 4) is 17.6 Å². The maximum atomic E-state index is 11.9. The SMILES string of the molecule is CCOC(=O)NC(=O)C(C#N)=NNc1cc(Cl)c(Oc2ccc(=O)n(CCOC)c2)c(Cl)c1. The summed E-state index contributed by atoms with van der Waals surface area (Å²) >= 11 is 12.5. The number of carbonyl (C=O) groups is 2. The number of hydrogen-bond acceptors (Lipinski definition) is 9. The number of ether oxygens (including phenoxy) is 3. The Hall–Kier alpha value is -3.59. The van der Waals surface area contributed by atoms with Crippen LogP contribution in [-0.4, -0.2) is 42.6 Å². The number of nitriles is 1. The van der Waals surface area contributed by atoms with E-state index in [1.807, 2.05) is 5.32 Å². The Labute approximate surface area is 198 Å². The van der Waals surface area contributed by atoms with Crippen LogP contribution in [0.4, 0.5) is 10.5 Å². The van der Waals surface area contributed by atoms with E-state index in [0.29, 0.717) is 18.9 Å². The second-order valence-corrected chi connectivity index (χ2v) is 6.93. The maximum absolute atomic E-state index is 11.9. The zero-order chi connectivity index (χ0) is 24.4. The van der Waals surface area contributed by atoms with Crippen molar-refractivity contribution in [2.45, 2.75) is 13.5 Å². The molecule has 0 bridgehead atoms. The first kappa shape index (κ1) is 25.7. The van der Waals surface area contributed by atoms with E-state index in [2.05, 4.69) is 15.3 Å². The van der Waals surface area contributed by atoms with Crippen molar-refractivity contribution < 1.29 is 23.8 Å². The zero-order valence-corrected chi connectivity index (χ0v) is 19.1. The number of amides is 2. The molecule has 0 saturated carbocycles. The summed E-state index contributed by atoms with van der Waals surface area (Å²) in [4.78, 5) is 35.1. The van der Waals surface area contributed by atoms with Crippen molar-refractivity contribution in [3.63, 3.8) is 0 Å². The molecule has 13 heteroatoms. The molecule has 0 atom stereocenters. The number of methoxy groups -OCH3 is 1. The van der Waals surface area contributed by atoms with Gasteiger partial charge in [-0.05, 0) is 25.1 Å². The lowest BCUT2D eigenvalue weighted by molar-refractivity contribution is -0.114. The van der Waals surface area contributed by atoms with Gasteiger partial charge in [-0.15, -0.1) is 0 Å². The average molecular weight is 496 g/mol. The first-order valence-electron chi connectivity index (χ1n) is 9.37. The van der Waals surface area contributed by atoms with E-state index in [1.165, 1.54) is 42.1 Å². The Kier molecular flexibility index (Phi) is 9.68. The smallest absolute Gasteiger partial charge is 0.414 e. The van der Waals surface area contributed by atoms with E-state index >= 15 is 0 Å². The molecule has 11 nitrogen and oxygen atoms in total. The topological polar surface area (TPSA) is 144 Å². The standard InChI is InChI=1S/C20H19Cl2N5O6/c1-3-32-20(30)24-19(29)16(10-23)26-25-12-8-14(21)18(15(22)9-12)33-13-4-5-17(28)27(11-13)6-7-31-2/h4-5,8-9,11,25H,3,6-7H2,1-2H3,(H,24,29,30). The number of anilines is 1. The van der Waals surface area contributed by atoms with Gasteiger partial charge in [0, 0.05) is 25.9 Å². The molecule has 1 heterocycles. The van der Waals surface area contributed by atoms with Crippen molar-refractivity contribution in [3.05, 3.63) is 50.9 Å². The van der Waals surface area contributed by atoms with Gasteiger partial charge in [0.15, 0.2) is 5.75 Å². The van der Waals surface area contributed by atoms with Gasteiger partial charge in [0.2, 0.25) is 5.71 Å². The Morgan fingerprint density at radius 2 is 1.94 bits per heavy atom. The molecule has 2 N–H and O–H groups in total. The molecule has 1 aromatic heterocycles. The number of benzene rings is 1. The van der Waals surface area contributed by atoms with Gasteiger partial charge >= 0.3 is 6.09 Å². The first-order valence-corrected chi connectivity index (χ1v) is 10.1. The summed E-state index contributed by atoms with van der Waals surface area (Å²) in [6, 6.07) is 7.15. The molecule has 174 valence electrons. The summed E-state index contributed by atoms with van der Waals surface area (Å²) in [6.45, 7) is 2.29. The fourth-order valence-electron chi connectivity index (χ4n) is 2.34. The van der Waals surface area contributed by atoms with Crippen molar-refractivity contribution in [2.24, 2.45) is 5.10 Å². The van der Waals surface area contributed by atoms with Crippen LogP contribution in [0.25, 0.3) is 0 Å². The second-order valence-electron chi connectivity index (χ2n) is 6.12. The van der Waals surface area contributed by atoms with E-state index in [4.69, 9.17) is 37.9 Å². The van der Waals surface area contributed by atoms with E-state index in [1.54, 1.807) is 13.0 Å².